The van der Waals surface area contributed by atoms with Gasteiger partial charge in [-0.3, -0.25) is 0 Å². The van der Waals surface area contributed by atoms with Gasteiger partial charge in [0, 0.05) is 10.4 Å². The second-order valence-corrected chi connectivity index (χ2v) is 4.48. The molecule has 2 aromatic rings. The zero-order chi connectivity index (χ0) is 10.5. The van der Waals surface area contributed by atoms with Gasteiger partial charge in [0.1, 0.15) is 6.33 Å². The quantitative estimate of drug-likeness (QED) is 0.800. The molecule has 1 saturated carbocycles. The maximum atomic E-state index is 6.15. The Bertz CT molecular complexity index is 534. The molecule has 0 saturated heterocycles. The number of benzene rings is 1. The Morgan fingerprint density at radius 1 is 1.27 bits per heavy atom. The van der Waals surface area contributed by atoms with Gasteiger partial charge in [0.05, 0.1) is 16.7 Å². The molecule has 0 radical (unpaired) electrons. The fourth-order valence-corrected chi connectivity index (χ4v) is 1.97. The van der Waals surface area contributed by atoms with Crippen LogP contribution in [0.25, 0.3) is 10.9 Å². The van der Waals surface area contributed by atoms with E-state index in [0.717, 1.165) is 29.4 Å². The first kappa shape index (κ1) is 9.07. The maximum Gasteiger partial charge on any atom is 0.116 e. The number of nitrogens with two attached hydrogens (primary N) is 1. The first-order valence-electron chi connectivity index (χ1n) is 4.89. The van der Waals surface area contributed by atoms with Gasteiger partial charge < -0.3 is 5.73 Å². The first-order valence-corrected chi connectivity index (χ1v) is 5.26. The van der Waals surface area contributed by atoms with E-state index in [0.29, 0.717) is 5.02 Å². The molecular formula is C11H10ClN3. The Morgan fingerprint density at radius 2 is 2.07 bits per heavy atom. The van der Waals surface area contributed by atoms with Gasteiger partial charge in [-0.15, -0.1) is 0 Å². The van der Waals surface area contributed by atoms with Gasteiger partial charge in [-0.2, -0.15) is 0 Å². The lowest BCUT2D eigenvalue weighted by Crippen LogP contribution is -2.20. The van der Waals surface area contributed by atoms with Crippen LogP contribution in [0.15, 0.2) is 24.5 Å². The molecule has 2 N–H and O–H groups in total. The van der Waals surface area contributed by atoms with Crippen LogP contribution in [0.2, 0.25) is 5.02 Å². The lowest BCUT2D eigenvalue weighted by Gasteiger charge is -2.10. The number of aromatic nitrogens is 2. The summed E-state index contributed by atoms with van der Waals surface area (Å²) in [6.45, 7) is 0. The van der Waals surface area contributed by atoms with Crippen LogP contribution < -0.4 is 5.73 Å². The molecule has 1 aliphatic rings. The van der Waals surface area contributed by atoms with E-state index < -0.39 is 0 Å². The van der Waals surface area contributed by atoms with E-state index in [4.69, 9.17) is 17.3 Å². The van der Waals surface area contributed by atoms with Crippen molar-refractivity contribution in [3.8, 4) is 0 Å². The highest BCUT2D eigenvalue weighted by Crippen LogP contribution is 2.44. The monoisotopic (exact) mass is 219 g/mol. The number of nitrogens with zero attached hydrogens (tertiary/aromatic N) is 2. The summed E-state index contributed by atoms with van der Waals surface area (Å²) in [5, 5.41) is 1.67. The number of hydrogen-bond donors (Lipinski definition) is 1. The summed E-state index contributed by atoms with van der Waals surface area (Å²) in [6.07, 6.45) is 3.55. The first-order chi connectivity index (χ1) is 7.19. The topological polar surface area (TPSA) is 51.8 Å². The SMILES string of the molecule is NC1(c2ncnc3ccc(Cl)cc23)CC1. The molecule has 0 aliphatic heterocycles. The van der Waals surface area contributed by atoms with Crippen molar-refractivity contribution in [2.45, 2.75) is 18.4 Å². The number of halogens is 1. The van der Waals surface area contributed by atoms with Crippen molar-refractivity contribution < 1.29 is 0 Å². The maximum absolute atomic E-state index is 6.15. The van der Waals surface area contributed by atoms with Gasteiger partial charge in [0.25, 0.3) is 0 Å². The predicted octanol–water partition coefficient (Wildman–Crippen LogP) is 2.23. The Morgan fingerprint density at radius 3 is 2.80 bits per heavy atom. The Kier molecular flexibility index (Phi) is 1.75. The highest BCUT2D eigenvalue weighted by Gasteiger charge is 2.42. The van der Waals surface area contributed by atoms with Crippen molar-refractivity contribution in [3.63, 3.8) is 0 Å². The van der Waals surface area contributed by atoms with E-state index >= 15 is 0 Å². The molecule has 76 valence electrons. The minimum Gasteiger partial charge on any atom is -0.320 e. The van der Waals surface area contributed by atoms with Crippen LogP contribution in [0.1, 0.15) is 18.5 Å². The molecule has 1 aliphatic carbocycles. The molecule has 0 bridgehead atoms. The van der Waals surface area contributed by atoms with Crippen molar-refractivity contribution in [3.05, 3.63) is 35.2 Å². The fourth-order valence-electron chi connectivity index (χ4n) is 1.80. The second kappa shape index (κ2) is 2.90. The van der Waals surface area contributed by atoms with Crippen molar-refractivity contribution in [2.24, 2.45) is 5.73 Å². The van der Waals surface area contributed by atoms with E-state index in [9.17, 15) is 0 Å². The Labute approximate surface area is 92.3 Å². The van der Waals surface area contributed by atoms with E-state index in [1.165, 1.54) is 0 Å². The van der Waals surface area contributed by atoms with Crippen LogP contribution >= 0.6 is 11.6 Å². The molecule has 3 rings (SSSR count). The summed E-state index contributed by atoms with van der Waals surface area (Å²) in [7, 11) is 0. The molecule has 0 amide bonds. The zero-order valence-corrected chi connectivity index (χ0v) is 8.83. The minimum atomic E-state index is -0.244. The average molecular weight is 220 g/mol. The van der Waals surface area contributed by atoms with Crippen LogP contribution in [0, 0.1) is 0 Å². The van der Waals surface area contributed by atoms with Gasteiger partial charge in [0.15, 0.2) is 0 Å². The summed E-state index contributed by atoms with van der Waals surface area (Å²) in [6, 6.07) is 5.62. The lowest BCUT2D eigenvalue weighted by molar-refractivity contribution is 0.714. The average Bonchev–Trinajstić information content (AvgIpc) is 2.96. The molecule has 3 nitrogen and oxygen atoms in total. The molecule has 15 heavy (non-hydrogen) atoms. The Balaban J connectivity index is 2.33. The number of hydrogen-bond acceptors (Lipinski definition) is 3. The lowest BCUT2D eigenvalue weighted by atomic mass is 10.1. The minimum absolute atomic E-state index is 0.244. The van der Waals surface area contributed by atoms with Gasteiger partial charge >= 0.3 is 0 Å². The third kappa shape index (κ3) is 1.39. The van der Waals surface area contributed by atoms with Crippen molar-refractivity contribution in [1.29, 1.82) is 0 Å². The summed E-state index contributed by atoms with van der Waals surface area (Å²) < 4.78 is 0. The third-order valence-corrected chi connectivity index (χ3v) is 3.09. The van der Waals surface area contributed by atoms with Crippen LogP contribution in [0.5, 0.6) is 0 Å². The van der Waals surface area contributed by atoms with Crippen molar-refractivity contribution in [2.75, 3.05) is 0 Å². The van der Waals surface area contributed by atoms with Crippen LogP contribution in [0.4, 0.5) is 0 Å². The summed E-state index contributed by atoms with van der Waals surface area (Å²) in [5.74, 6) is 0. The van der Waals surface area contributed by atoms with Crippen molar-refractivity contribution in [1.82, 2.24) is 9.97 Å². The molecule has 0 spiro atoms. The molecule has 4 heteroatoms. The van der Waals surface area contributed by atoms with Gasteiger partial charge in [0.2, 0.25) is 0 Å². The highest BCUT2D eigenvalue weighted by molar-refractivity contribution is 6.31. The fraction of sp³-hybridized carbons (Fsp3) is 0.273. The second-order valence-electron chi connectivity index (χ2n) is 4.04. The van der Waals surface area contributed by atoms with Gasteiger partial charge in [-0.25, -0.2) is 9.97 Å². The normalized spacial score (nSPS) is 18.0. The van der Waals surface area contributed by atoms with E-state index in [1.807, 2.05) is 18.2 Å². The number of fused-ring (bicyclic) bond motifs is 1. The van der Waals surface area contributed by atoms with E-state index in [2.05, 4.69) is 9.97 Å². The summed E-state index contributed by atoms with van der Waals surface area (Å²) in [4.78, 5) is 8.49. The molecule has 1 aromatic carbocycles. The molecule has 0 atom stereocenters. The van der Waals surface area contributed by atoms with Crippen LogP contribution in [-0.2, 0) is 5.54 Å². The molecule has 1 aromatic heterocycles. The molecule has 1 heterocycles. The zero-order valence-electron chi connectivity index (χ0n) is 8.07. The number of rotatable bonds is 1. The van der Waals surface area contributed by atoms with E-state index in [1.54, 1.807) is 6.33 Å². The largest absolute Gasteiger partial charge is 0.320 e. The molecule has 0 unspecified atom stereocenters. The smallest absolute Gasteiger partial charge is 0.116 e. The van der Waals surface area contributed by atoms with Crippen LogP contribution in [-0.4, -0.2) is 9.97 Å². The van der Waals surface area contributed by atoms with Gasteiger partial charge in [-0.05, 0) is 31.0 Å². The summed E-state index contributed by atoms with van der Waals surface area (Å²) >= 11 is 5.96. The molecule has 1 fully saturated rings. The predicted molar refractivity (Wildman–Crippen MR) is 59.6 cm³/mol. The van der Waals surface area contributed by atoms with E-state index in [-0.39, 0.29) is 5.54 Å². The van der Waals surface area contributed by atoms with Crippen molar-refractivity contribution >= 4 is 22.5 Å². The van der Waals surface area contributed by atoms with Gasteiger partial charge in [-0.1, -0.05) is 11.6 Å². The highest BCUT2D eigenvalue weighted by atomic mass is 35.5. The third-order valence-electron chi connectivity index (χ3n) is 2.86. The summed E-state index contributed by atoms with van der Waals surface area (Å²) in [5.41, 5.74) is 7.74. The molecular weight excluding hydrogens is 210 g/mol. The standard InChI is InChI=1S/C11H10ClN3/c12-7-1-2-9-8(5-7)10(15-6-14-9)11(13)3-4-11/h1-2,5-6H,3-4,13H2. The Hall–Kier alpha value is -1.19. The van der Waals surface area contributed by atoms with Crippen LogP contribution in [0.3, 0.4) is 0 Å².